The van der Waals surface area contributed by atoms with Crippen molar-refractivity contribution < 1.29 is 42.7 Å². The number of likely N-dealkylation sites (N-methyl/N-ethyl adjacent to an activating group) is 2. The molecule has 0 aromatic heterocycles. The number of nitrogens with zero attached hydrogens (tertiary/aromatic N) is 5. The second-order valence-electron chi connectivity index (χ2n) is 11.6. The first-order chi connectivity index (χ1) is 18.1. The molecule has 13 heteroatoms. The lowest BCUT2D eigenvalue weighted by atomic mass is 9.81. The zero-order valence-corrected chi connectivity index (χ0v) is 24.9. The molecule has 224 valence electrons. The fourth-order valence-electron chi connectivity index (χ4n) is 3.57. The molecule has 0 saturated carbocycles. The van der Waals surface area contributed by atoms with Crippen LogP contribution in [-0.2, 0) is 28.7 Å². The van der Waals surface area contributed by atoms with E-state index in [1.165, 1.54) is 0 Å². The molecule has 39 heavy (non-hydrogen) atoms. The van der Waals surface area contributed by atoms with Gasteiger partial charge in [-0.05, 0) is 31.7 Å². The summed E-state index contributed by atoms with van der Waals surface area (Å²) in [6.07, 6.45) is 1.74. The van der Waals surface area contributed by atoms with Gasteiger partial charge in [-0.1, -0.05) is 19.0 Å². The molecule has 0 aromatic rings. The molecular formula is C26H49N6O7+. The molecule has 0 aliphatic heterocycles. The highest BCUT2D eigenvalue weighted by molar-refractivity contribution is 5.77. The van der Waals surface area contributed by atoms with Crippen LogP contribution in [0, 0.1) is 11.3 Å². The Morgan fingerprint density at radius 2 is 1.56 bits per heavy atom. The van der Waals surface area contributed by atoms with Gasteiger partial charge in [-0.3, -0.25) is 14.4 Å². The highest BCUT2D eigenvalue weighted by atomic mass is 16.5. The summed E-state index contributed by atoms with van der Waals surface area (Å²) < 4.78 is 11.9. The molecule has 0 bridgehead atoms. The number of carboxylic acids is 1. The van der Waals surface area contributed by atoms with Crippen molar-refractivity contribution >= 4 is 23.8 Å². The van der Waals surface area contributed by atoms with Crippen LogP contribution in [0.4, 0.5) is 0 Å². The van der Waals surface area contributed by atoms with E-state index in [9.17, 15) is 24.3 Å². The smallest absolute Gasteiger partial charge is 0.311 e. The van der Waals surface area contributed by atoms with E-state index in [0.29, 0.717) is 67.4 Å². The largest absolute Gasteiger partial charge is 0.550 e. The molecule has 0 saturated heterocycles. The summed E-state index contributed by atoms with van der Waals surface area (Å²) in [5.41, 5.74) is 7.51. The summed E-state index contributed by atoms with van der Waals surface area (Å²) in [4.78, 5) is 50.6. The van der Waals surface area contributed by atoms with Gasteiger partial charge >= 0.3 is 11.9 Å². The highest BCUT2D eigenvalue weighted by Gasteiger charge is 2.34. The van der Waals surface area contributed by atoms with Crippen LogP contribution in [0.3, 0.4) is 0 Å². The van der Waals surface area contributed by atoms with Crippen molar-refractivity contribution in [1.82, 2.24) is 5.32 Å². The number of hydrogen-bond donors (Lipinski definition) is 1. The van der Waals surface area contributed by atoms with E-state index >= 15 is 0 Å². The normalized spacial score (nSPS) is 13.9. The SMILES string of the molecule is CCC(C)(CCC(C)C(=O)OCC[N+](C)(C)CCC(=O)NCCN=[N+]=[N-])C(=O)OCC[N+](C)(C)CCC(=O)[O-]. The first-order valence-electron chi connectivity index (χ1n) is 13.5. The number of carboxylic acid groups (broad SMARTS) is 1. The number of aliphatic carboxylic acids is 1. The Morgan fingerprint density at radius 3 is 2.10 bits per heavy atom. The fourth-order valence-corrected chi connectivity index (χ4v) is 3.57. The third-order valence-electron chi connectivity index (χ3n) is 7.14. The molecule has 0 fully saturated rings. The van der Waals surface area contributed by atoms with Crippen LogP contribution in [0.15, 0.2) is 5.11 Å². The zero-order valence-electron chi connectivity index (χ0n) is 24.9. The number of carbonyl (C=O) groups is 4. The molecule has 0 aromatic carbocycles. The molecular weight excluding hydrogens is 508 g/mol. The Bertz CT molecular complexity index is 858. The van der Waals surface area contributed by atoms with Gasteiger partial charge < -0.3 is 33.7 Å². The first-order valence-corrected chi connectivity index (χ1v) is 13.5. The number of azide groups is 1. The van der Waals surface area contributed by atoms with Crippen LogP contribution in [0.2, 0.25) is 0 Å². The molecule has 0 aliphatic rings. The van der Waals surface area contributed by atoms with Gasteiger partial charge in [0.15, 0.2) is 0 Å². The standard InChI is InChI=1S/C26H48N6O7/c1-8-26(3,25(37)39-20-18-32(6,7)16-11-23(34)35)12-9-21(2)24(36)38-19-17-31(4,5)15-10-22(33)28-13-14-29-30-27/h21H,8-20H2,1-7H3/p+1. The number of carbonyl (C=O) groups excluding carboxylic acids is 4. The number of nitrogens with one attached hydrogen (secondary N) is 1. The summed E-state index contributed by atoms with van der Waals surface area (Å²) in [6, 6.07) is 0. The molecule has 0 rings (SSSR count). The maximum Gasteiger partial charge on any atom is 0.311 e. The van der Waals surface area contributed by atoms with Gasteiger partial charge in [0.05, 0.1) is 59.0 Å². The van der Waals surface area contributed by atoms with E-state index in [-0.39, 0.29) is 49.9 Å². The summed E-state index contributed by atoms with van der Waals surface area (Å²) in [6.45, 7) is 8.39. The topological polar surface area (TPSA) is 171 Å². The van der Waals surface area contributed by atoms with Crippen molar-refractivity contribution in [3.05, 3.63) is 10.4 Å². The zero-order chi connectivity index (χ0) is 30.1. The van der Waals surface area contributed by atoms with Gasteiger partial charge in [0.25, 0.3) is 0 Å². The molecule has 1 N–H and O–H groups in total. The summed E-state index contributed by atoms with van der Waals surface area (Å²) >= 11 is 0. The second kappa shape index (κ2) is 17.6. The van der Waals surface area contributed by atoms with Crippen molar-refractivity contribution in [3.63, 3.8) is 0 Å². The first kappa shape index (κ1) is 36.1. The summed E-state index contributed by atoms with van der Waals surface area (Å²) in [5.74, 6) is -2.28. The van der Waals surface area contributed by atoms with Crippen molar-refractivity contribution in [2.45, 2.75) is 52.9 Å². The van der Waals surface area contributed by atoms with E-state index < -0.39 is 11.4 Å². The lowest BCUT2D eigenvalue weighted by Crippen LogP contribution is -2.45. The second-order valence-corrected chi connectivity index (χ2v) is 11.6. The predicted molar refractivity (Wildman–Crippen MR) is 144 cm³/mol. The van der Waals surface area contributed by atoms with Crippen molar-refractivity contribution in [2.75, 3.05) is 80.7 Å². The minimum atomic E-state index is -1.10. The fraction of sp³-hybridized carbons (Fsp3) is 0.846. The van der Waals surface area contributed by atoms with Crippen molar-refractivity contribution in [1.29, 1.82) is 0 Å². The summed E-state index contributed by atoms with van der Waals surface area (Å²) in [5, 5.41) is 16.8. The Balaban J connectivity index is 4.48. The van der Waals surface area contributed by atoms with Gasteiger partial charge in [-0.15, -0.1) is 0 Å². The lowest BCUT2D eigenvalue weighted by molar-refractivity contribution is -0.890. The van der Waals surface area contributed by atoms with Crippen LogP contribution in [-0.4, -0.2) is 113 Å². The van der Waals surface area contributed by atoms with Crippen LogP contribution < -0.4 is 10.4 Å². The van der Waals surface area contributed by atoms with Crippen LogP contribution in [0.1, 0.15) is 52.9 Å². The van der Waals surface area contributed by atoms with E-state index in [1.54, 1.807) is 6.92 Å². The van der Waals surface area contributed by atoms with Gasteiger partial charge in [-0.2, -0.15) is 0 Å². The molecule has 1 amide bonds. The third-order valence-corrected chi connectivity index (χ3v) is 7.14. The van der Waals surface area contributed by atoms with Gasteiger partial charge in [0.1, 0.15) is 26.3 Å². The number of rotatable bonds is 21. The van der Waals surface area contributed by atoms with Crippen molar-refractivity contribution in [3.8, 4) is 0 Å². The Morgan fingerprint density at radius 1 is 1.00 bits per heavy atom. The predicted octanol–water partition coefficient (Wildman–Crippen LogP) is 1.01. The molecule has 2 unspecified atom stereocenters. The third kappa shape index (κ3) is 16.6. The molecule has 0 spiro atoms. The van der Waals surface area contributed by atoms with E-state index in [1.807, 2.05) is 42.0 Å². The van der Waals surface area contributed by atoms with Gasteiger partial charge in [0, 0.05) is 30.4 Å². The minimum Gasteiger partial charge on any atom is -0.550 e. The highest BCUT2D eigenvalue weighted by Crippen LogP contribution is 2.31. The molecule has 0 aliphatic carbocycles. The summed E-state index contributed by atoms with van der Waals surface area (Å²) in [7, 11) is 7.64. The Labute approximate surface area is 232 Å². The average Bonchev–Trinajstić information content (AvgIpc) is 2.86. The maximum absolute atomic E-state index is 12.8. The minimum absolute atomic E-state index is 0.0590. The number of amides is 1. The molecule has 2 atom stereocenters. The van der Waals surface area contributed by atoms with Crippen molar-refractivity contribution in [2.24, 2.45) is 16.4 Å². The molecule has 13 nitrogen and oxygen atoms in total. The van der Waals surface area contributed by atoms with Crippen LogP contribution >= 0.6 is 0 Å². The van der Waals surface area contributed by atoms with Crippen LogP contribution in [0.5, 0.6) is 0 Å². The van der Waals surface area contributed by atoms with E-state index in [0.717, 1.165) is 0 Å². The number of quaternary nitrogens is 2. The number of hydrogen-bond acceptors (Lipinski definition) is 8. The number of ether oxygens (including phenoxy) is 2. The Hall–Kier alpha value is -2.89. The number of esters is 2. The molecule has 0 radical (unpaired) electrons. The van der Waals surface area contributed by atoms with E-state index in [4.69, 9.17) is 15.0 Å². The average molecular weight is 558 g/mol. The van der Waals surface area contributed by atoms with E-state index in [2.05, 4.69) is 15.3 Å². The maximum atomic E-state index is 12.8. The lowest BCUT2D eigenvalue weighted by Gasteiger charge is -2.31. The van der Waals surface area contributed by atoms with Gasteiger partial charge in [-0.25, -0.2) is 0 Å². The quantitative estimate of drug-likeness (QED) is 0.0548. The Kier molecular flexibility index (Phi) is 16.3. The van der Waals surface area contributed by atoms with Crippen LogP contribution in [0.25, 0.3) is 10.4 Å². The monoisotopic (exact) mass is 557 g/mol. The van der Waals surface area contributed by atoms with Gasteiger partial charge in [0.2, 0.25) is 5.91 Å². The molecule has 0 heterocycles.